The number of aryl methyl sites for hydroxylation is 1. The van der Waals surface area contributed by atoms with E-state index in [-0.39, 0.29) is 12.1 Å². The molecule has 1 heterocycles. The van der Waals surface area contributed by atoms with Crippen molar-refractivity contribution in [1.82, 2.24) is 5.32 Å². The fourth-order valence-corrected chi connectivity index (χ4v) is 1.98. The minimum Gasteiger partial charge on any atom is -0.465 e. The van der Waals surface area contributed by atoms with Gasteiger partial charge in [-0.2, -0.15) is 0 Å². The zero-order chi connectivity index (χ0) is 10.7. The zero-order valence-electron chi connectivity index (χ0n) is 9.25. The molecular formula is C12H19NO2. The van der Waals surface area contributed by atoms with Crippen LogP contribution >= 0.6 is 0 Å². The molecule has 1 aliphatic carbocycles. The van der Waals surface area contributed by atoms with E-state index in [1.54, 1.807) is 0 Å². The first-order valence-electron chi connectivity index (χ1n) is 5.71. The maximum Gasteiger partial charge on any atom is 0.117 e. The molecule has 3 nitrogen and oxygen atoms in total. The molecule has 3 heteroatoms. The van der Waals surface area contributed by atoms with Crippen molar-refractivity contribution < 1.29 is 9.52 Å². The molecule has 0 spiro atoms. The molecule has 15 heavy (non-hydrogen) atoms. The Labute approximate surface area is 90.5 Å². The molecule has 1 aromatic heterocycles. The van der Waals surface area contributed by atoms with E-state index < -0.39 is 0 Å². The summed E-state index contributed by atoms with van der Waals surface area (Å²) in [6.45, 7) is 3.03. The maximum absolute atomic E-state index is 9.27. The van der Waals surface area contributed by atoms with Crippen LogP contribution in [0.5, 0.6) is 0 Å². The molecule has 1 saturated carbocycles. The van der Waals surface area contributed by atoms with Gasteiger partial charge in [0.1, 0.15) is 11.5 Å². The van der Waals surface area contributed by atoms with Crippen LogP contribution in [-0.2, 0) is 13.0 Å². The van der Waals surface area contributed by atoms with Gasteiger partial charge in [-0.15, -0.1) is 0 Å². The molecule has 1 fully saturated rings. The molecule has 0 atom stereocenters. The highest BCUT2D eigenvalue weighted by molar-refractivity contribution is 5.08. The highest BCUT2D eigenvalue weighted by atomic mass is 16.3. The van der Waals surface area contributed by atoms with E-state index in [0.717, 1.165) is 37.3 Å². The summed E-state index contributed by atoms with van der Waals surface area (Å²) in [7, 11) is 0. The van der Waals surface area contributed by atoms with Crippen LogP contribution in [-0.4, -0.2) is 17.3 Å². The Balaban J connectivity index is 1.86. The Kier molecular flexibility index (Phi) is 3.12. The number of hydrogen-bond acceptors (Lipinski definition) is 3. The second-order valence-electron chi connectivity index (χ2n) is 4.37. The second kappa shape index (κ2) is 4.37. The van der Waals surface area contributed by atoms with Crippen LogP contribution < -0.4 is 5.32 Å². The predicted molar refractivity (Wildman–Crippen MR) is 58.6 cm³/mol. The van der Waals surface area contributed by atoms with E-state index in [1.165, 1.54) is 6.42 Å². The van der Waals surface area contributed by atoms with Crippen LogP contribution in [0.15, 0.2) is 16.5 Å². The summed E-state index contributed by atoms with van der Waals surface area (Å²) >= 11 is 0. The Bertz CT molecular complexity index is 310. The van der Waals surface area contributed by atoms with Gasteiger partial charge in [0.15, 0.2) is 0 Å². The van der Waals surface area contributed by atoms with Gasteiger partial charge in [0.2, 0.25) is 0 Å². The van der Waals surface area contributed by atoms with Gasteiger partial charge in [-0.25, -0.2) is 0 Å². The van der Waals surface area contributed by atoms with Crippen LogP contribution in [0.2, 0.25) is 0 Å². The molecule has 0 radical (unpaired) electrons. The molecule has 0 saturated heterocycles. The van der Waals surface area contributed by atoms with Crippen molar-refractivity contribution in [3.63, 3.8) is 0 Å². The number of nitrogens with one attached hydrogen (secondary N) is 1. The fourth-order valence-electron chi connectivity index (χ4n) is 1.98. The number of aliphatic hydroxyl groups is 1. The molecule has 0 amide bonds. The van der Waals surface area contributed by atoms with Gasteiger partial charge in [-0.1, -0.05) is 6.92 Å². The van der Waals surface area contributed by atoms with Crippen molar-refractivity contribution in [3.05, 3.63) is 23.7 Å². The van der Waals surface area contributed by atoms with Crippen molar-refractivity contribution in [2.45, 2.75) is 44.7 Å². The minimum absolute atomic E-state index is 0.0286. The van der Waals surface area contributed by atoms with Crippen LogP contribution in [0.25, 0.3) is 0 Å². The van der Waals surface area contributed by atoms with Crippen molar-refractivity contribution in [2.24, 2.45) is 0 Å². The number of rotatable bonds is 5. The lowest BCUT2D eigenvalue weighted by Gasteiger charge is -2.41. The Morgan fingerprint density at radius 1 is 1.40 bits per heavy atom. The first-order chi connectivity index (χ1) is 7.28. The normalized spacial score (nSPS) is 18.8. The Morgan fingerprint density at radius 2 is 2.13 bits per heavy atom. The lowest BCUT2D eigenvalue weighted by molar-refractivity contribution is 0.0851. The molecule has 84 valence electrons. The van der Waals surface area contributed by atoms with E-state index >= 15 is 0 Å². The number of hydrogen-bond donors (Lipinski definition) is 2. The molecule has 0 unspecified atom stereocenters. The summed E-state index contributed by atoms with van der Waals surface area (Å²) < 4.78 is 5.60. The topological polar surface area (TPSA) is 45.4 Å². The third kappa shape index (κ3) is 2.24. The van der Waals surface area contributed by atoms with Crippen molar-refractivity contribution in [1.29, 1.82) is 0 Å². The third-order valence-electron chi connectivity index (χ3n) is 3.32. The Morgan fingerprint density at radius 3 is 2.60 bits per heavy atom. The van der Waals surface area contributed by atoms with E-state index in [2.05, 4.69) is 12.2 Å². The number of aliphatic hydroxyl groups excluding tert-OH is 1. The van der Waals surface area contributed by atoms with Gasteiger partial charge in [-0.05, 0) is 31.4 Å². The molecule has 0 aromatic carbocycles. The van der Waals surface area contributed by atoms with Crippen molar-refractivity contribution in [2.75, 3.05) is 6.61 Å². The molecule has 2 N–H and O–H groups in total. The fraction of sp³-hybridized carbons (Fsp3) is 0.667. The monoisotopic (exact) mass is 209 g/mol. The highest BCUT2D eigenvalue weighted by Gasteiger charge is 2.35. The van der Waals surface area contributed by atoms with E-state index in [0.29, 0.717) is 0 Å². The van der Waals surface area contributed by atoms with E-state index in [9.17, 15) is 5.11 Å². The largest absolute Gasteiger partial charge is 0.465 e. The van der Waals surface area contributed by atoms with Crippen LogP contribution in [0, 0.1) is 0 Å². The van der Waals surface area contributed by atoms with Gasteiger partial charge >= 0.3 is 0 Å². The average molecular weight is 209 g/mol. The lowest BCUT2D eigenvalue weighted by Crippen LogP contribution is -2.53. The lowest BCUT2D eigenvalue weighted by atomic mass is 9.77. The van der Waals surface area contributed by atoms with E-state index in [4.69, 9.17) is 4.42 Å². The van der Waals surface area contributed by atoms with Gasteiger partial charge in [0.25, 0.3) is 0 Å². The molecule has 1 aromatic rings. The maximum atomic E-state index is 9.27. The molecular weight excluding hydrogens is 190 g/mol. The molecule has 0 aliphatic heterocycles. The van der Waals surface area contributed by atoms with Gasteiger partial charge < -0.3 is 14.8 Å². The van der Waals surface area contributed by atoms with Crippen molar-refractivity contribution in [3.8, 4) is 0 Å². The van der Waals surface area contributed by atoms with Crippen LogP contribution in [0.3, 0.4) is 0 Å². The Hall–Kier alpha value is -0.800. The van der Waals surface area contributed by atoms with Gasteiger partial charge in [0, 0.05) is 12.0 Å². The summed E-state index contributed by atoms with van der Waals surface area (Å²) in [5.74, 6) is 1.99. The summed E-state index contributed by atoms with van der Waals surface area (Å²) in [6.07, 6.45) is 4.30. The first kappa shape index (κ1) is 10.7. The molecule has 2 rings (SSSR count). The van der Waals surface area contributed by atoms with Crippen molar-refractivity contribution >= 4 is 0 Å². The minimum atomic E-state index is -0.0286. The zero-order valence-corrected chi connectivity index (χ0v) is 9.25. The summed E-state index contributed by atoms with van der Waals surface area (Å²) in [6, 6.07) is 4.03. The van der Waals surface area contributed by atoms with Crippen LogP contribution in [0.4, 0.5) is 0 Å². The predicted octanol–water partition coefficient (Wildman–Crippen LogP) is 1.85. The average Bonchev–Trinajstić information content (AvgIpc) is 2.65. The molecule has 1 aliphatic rings. The number of furan rings is 1. The first-order valence-corrected chi connectivity index (χ1v) is 5.71. The second-order valence-corrected chi connectivity index (χ2v) is 4.37. The van der Waals surface area contributed by atoms with Gasteiger partial charge in [0.05, 0.1) is 13.2 Å². The summed E-state index contributed by atoms with van der Waals surface area (Å²) in [5.41, 5.74) is -0.0286. The third-order valence-corrected chi connectivity index (χ3v) is 3.32. The summed E-state index contributed by atoms with van der Waals surface area (Å²) in [4.78, 5) is 0. The summed E-state index contributed by atoms with van der Waals surface area (Å²) in [5, 5.41) is 12.7. The SMILES string of the molecule is CCc1ccc(CNC2(CO)CCC2)o1. The molecule has 0 bridgehead atoms. The quantitative estimate of drug-likeness (QED) is 0.778. The van der Waals surface area contributed by atoms with E-state index in [1.807, 2.05) is 12.1 Å². The standard InChI is InChI=1S/C12H19NO2/c1-2-10-4-5-11(15-10)8-13-12(9-14)6-3-7-12/h4-5,13-14H,2-3,6-9H2,1H3. The van der Waals surface area contributed by atoms with Crippen LogP contribution in [0.1, 0.15) is 37.7 Å². The van der Waals surface area contributed by atoms with Gasteiger partial charge in [-0.3, -0.25) is 0 Å². The smallest absolute Gasteiger partial charge is 0.117 e. The highest BCUT2D eigenvalue weighted by Crippen LogP contribution is 2.31.